The van der Waals surface area contributed by atoms with Gasteiger partial charge < -0.3 is 15.0 Å². The fraction of sp³-hybridized carbons (Fsp3) is 0.423. The summed E-state index contributed by atoms with van der Waals surface area (Å²) < 4.78 is 7.31. The number of nitriles is 1. The van der Waals surface area contributed by atoms with Crippen LogP contribution < -0.4 is 10.2 Å². The molecule has 36 heavy (non-hydrogen) atoms. The quantitative estimate of drug-likeness (QED) is 0.436. The van der Waals surface area contributed by atoms with Crippen molar-refractivity contribution < 1.29 is 4.74 Å². The van der Waals surface area contributed by atoms with Gasteiger partial charge >= 0.3 is 0 Å². The lowest BCUT2D eigenvalue weighted by Gasteiger charge is -2.40. The van der Waals surface area contributed by atoms with E-state index in [1.54, 1.807) is 17.5 Å². The van der Waals surface area contributed by atoms with Crippen LogP contribution in [0.3, 0.4) is 0 Å². The smallest absolute Gasteiger partial charge is 0.208 e. The highest BCUT2D eigenvalue weighted by Crippen LogP contribution is 2.41. The number of ether oxygens (including phenoxy) is 1. The Morgan fingerprint density at radius 2 is 1.97 bits per heavy atom. The molecular weight excluding hydrogens is 472 g/mol. The number of aromatic nitrogens is 5. The molecule has 2 aliphatic heterocycles. The molecule has 0 spiro atoms. The second-order valence-electron chi connectivity index (χ2n) is 10.5. The molecule has 4 aromatic rings. The molecule has 10 heteroatoms. The van der Waals surface area contributed by atoms with Crippen LogP contribution in [-0.4, -0.2) is 56.6 Å². The number of nitrogens with one attached hydrogen (secondary N) is 1. The molecule has 9 nitrogen and oxygen atoms in total. The van der Waals surface area contributed by atoms with Crippen LogP contribution >= 0.6 is 11.3 Å². The Labute approximate surface area is 212 Å². The van der Waals surface area contributed by atoms with E-state index in [1.807, 2.05) is 28.9 Å². The van der Waals surface area contributed by atoms with Crippen molar-refractivity contribution in [1.82, 2.24) is 24.8 Å². The van der Waals surface area contributed by atoms with E-state index < -0.39 is 0 Å². The molecule has 4 aromatic heterocycles. The molecule has 1 N–H and O–H groups in total. The highest BCUT2D eigenvalue weighted by atomic mass is 32.1. The van der Waals surface area contributed by atoms with Crippen molar-refractivity contribution in [3.05, 3.63) is 42.2 Å². The fourth-order valence-electron chi connectivity index (χ4n) is 5.75. The maximum Gasteiger partial charge on any atom is 0.208 e. The molecule has 1 saturated carbocycles. The minimum absolute atomic E-state index is 0.145. The summed E-state index contributed by atoms with van der Waals surface area (Å²) in [4.78, 5) is 7.24. The van der Waals surface area contributed by atoms with E-state index in [2.05, 4.69) is 44.6 Å². The normalized spacial score (nSPS) is 22.4. The summed E-state index contributed by atoms with van der Waals surface area (Å²) in [5.74, 6) is 1.59. The van der Waals surface area contributed by atoms with Crippen LogP contribution in [0.5, 0.6) is 0 Å². The molecule has 2 bridgehead atoms. The average Bonchev–Trinajstić information content (AvgIpc) is 3.61. The van der Waals surface area contributed by atoms with Crippen LogP contribution in [0, 0.1) is 23.2 Å². The minimum atomic E-state index is -0.145. The molecule has 0 amide bonds. The van der Waals surface area contributed by atoms with Crippen LogP contribution in [0.15, 0.2) is 36.7 Å². The van der Waals surface area contributed by atoms with Gasteiger partial charge in [-0.15, -0.1) is 10.2 Å². The van der Waals surface area contributed by atoms with Crippen molar-refractivity contribution in [3.8, 4) is 28.0 Å². The maximum absolute atomic E-state index is 9.20. The van der Waals surface area contributed by atoms with Gasteiger partial charge in [-0.05, 0) is 62.3 Å². The fourth-order valence-corrected chi connectivity index (χ4v) is 6.63. The van der Waals surface area contributed by atoms with E-state index in [0.29, 0.717) is 18.8 Å². The molecule has 0 radical (unpaired) electrons. The number of hydrogen-bond donors (Lipinski definition) is 1. The number of fused-ring (bicyclic) bond motifs is 3. The summed E-state index contributed by atoms with van der Waals surface area (Å²) in [5.41, 5.74) is 4.79. The van der Waals surface area contributed by atoms with Crippen molar-refractivity contribution in [1.29, 1.82) is 5.26 Å². The summed E-state index contributed by atoms with van der Waals surface area (Å²) in [7, 11) is 0. The molecule has 6 heterocycles. The second kappa shape index (κ2) is 8.25. The molecule has 3 fully saturated rings. The van der Waals surface area contributed by atoms with E-state index in [9.17, 15) is 5.26 Å². The Bertz CT molecular complexity index is 1490. The summed E-state index contributed by atoms with van der Waals surface area (Å²) >= 11 is 1.64. The third-order valence-corrected chi connectivity index (χ3v) is 8.61. The van der Waals surface area contributed by atoms with Gasteiger partial charge in [0.1, 0.15) is 6.07 Å². The van der Waals surface area contributed by atoms with Crippen molar-refractivity contribution in [2.45, 2.75) is 31.7 Å². The first-order valence-corrected chi connectivity index (χ1v) is 13.2. The summed E-state index contributed by atoms with van der Waals surface area (Å²) in [6.07, 6.45) is 7.51. The Hall–Kier alpha value is -3.55. The van der Waals surface area contributed by atoms with Crippen LogP contribution in [0.25, 0.3) is 27.5 Å². The van der Waals surface area contributed by atoms with Gasteiger partial charge in [0.2, 0.25) is 5.13 Å². The maximum atomic E-state index is 9.20. The van der Waals surface area contributed by atoms with E-state index in [-0.39, 0.29) is 5.54 Å². The van der Waals surface area contributed by atoms with Crippen LogP contribution in [0.2, 0.25) is 0 Å². The third-order valence-electron chi connectivity index (χ3n) is 7.60. The Morgan fingerprint density at radius 3 is 2.72 bits per heavy atom. The van der Waals surface area contributed by atoms with Gasteiger partial charge in [0.25, 0.3) is 0 Å². The van der Waals surface area contributed by atoms with Gasteiger partial charge in [0.05, 0.1) is 53.0 Å². The molecule has 0 unspecified atom stereocenters. The van der Waals surface area contributed by atoms with Crippen molar-refractivity contribution in [3.63, 3.8) is 0 Å². The third kappa shape index (κ3) is 3.70. The molecule has 7 rings (SSSR count). The topological polar surface area (TPSA) is 104 Å². The number of nitrogens with zero attached hydrogens (tertiary/aromatic N) is 7. The SMILES string of the molecule is CC1(Nc2cc(-c3ccc4cc(C#N)cnn34)ncc2-c2nnc(N3C[C@@H]4CC[C@@H](C4)C3)s2)COC1. The molecule has 0 aromatic carbocycles. The minimum Gasteiger partial charge on any atom is -0.376 e. The van der Waals surface area contributed by atoms with Crippen molar-refractivity contribution >= 4 is 27.7 Å². The highest BCUT2D eigenvalue weighted by molar-refractivity contribution is 7.18. The Balaban J connectivity index is 1.26. The molecule has 1 aliphatic carbocycles. The number of hydrogen-bond acceptors (Lipinski definition) is 9. The molecule has 3 aliphatic rings. The number of piperidine rings is 1. The van der Waals surface area contributed by atoms with Gasteiger partial charge in [-0.2, -0.15) is 10.4 Å². The first-order valence-electron chi connectivity index (χ1n) is 12.4. The van der Waals surface area contributed by atoms with Gasteiger partial charge in [0, 0.05) is 25.0 Å². The lowest BCUT2D eigenvalue weighted by Crippen LogP contribution is -2.53. The van der Waals surface area contributed by atoms with Crippen LogP contribution in [-0.2, 0) is 4.74 Å². The van der Waals surface area contributed by atoms with Gasteiger partial charge in [-0.25, -0.2) is 4.52 Å². The first kappa shape index (κ1) is 21.7. The largest absolute Gasteiger partial charge is 0.376 e. The number of pyridine rings is 1. The Kier molecular flexibility index (Phi) is 4.98. The first-order chi connectivity index (χ1) is 17.6. The van der Waals surface area contributed by atoms with Crippen LogP contribution in [0.4, 0.5) is 10.8 Å². The zero-order valence-corrected chi connectivity index (χ0v) is 20.8. The second-order valence-corrected chi connectivity index (χ2v) is 11.5. The molecular formula is C26H26N8OS. The van der Waals surface area contributed by atoms with Gasteiger partial charge in [-0.3, -0.25) is 4.98 Å². The zero-order chi connectivity index (χ0) is 24.3. The molecule has 2 saturated heterocycles. The lowest BCUT2D eigenvalue weighted by atomic mass is 9.99. The van der Waals surface area contributed by atoms with E-state index in [0.717, 1.165) is 63.2 Å². The predicted molar refractivity (Wildman–Crippen MR) is 138 cm³/mol. The predicted octanol–water partition coefficient (Wildman–Crippen LogP) is 4.22. The number of anilines is 2. The number of rotatable bonds is 5. The summed E-state index contributed by atoms with van der Waals surface area (Å²) in [6, 6.07) is 9.97. The zero-order valence-electron chi connectivity index (χ0n) is 20.0. The van der Waals surface area contributed by atoms with E-state index in [4.69, 9.17) is 9.72 Å². The monoisotopic (exact) mass is 498 g/mol. The van der Waals surface area contributed by atoms with Crippen molar-refractivity contribution in [2.24, 2.45) is 11.8 Å². The average molecular weight is 499 g/mol. The Morgan fingerprint density at radius 1 is 1.14 bits per heavy atom. The van der Waals surface area contributed by atoms with Gasteiger partial charge in [-0.1, -0.05) is 11.3 Å². The molecule has 182 valence electrons. The highest BCUT2D eigenvalue weighted by Gasteiger charge is 2.36. The summed E-state index contributed by atoms with van der Waals surface area (Å²) in [5, 5.41) is 28.4. The lowest BCUT2D eigenvalue weighted by molar-refractivity contribution is -0.0318. The standard InChI is InChI=1S/C26H26N8OS/c1-26(14-35-15-26)30-21-8-22(23-5-4-19-7-18(9-27)10-29-34(19)23)28-11-20(21)24-31-32-25(36-24)33-12-16-2-3-17(6-16)13-33/h4-5,7-8,10-11,16-17H,2-3,6,12-15H2,1H3,(H,28,30)/t16-,17+. The molecule has 2 atom stereocenters. The van der Waals surface area contributed by atoms with Crippen molar-refractivity contribution in [2.75, 3.05) is 36.5 Å². The van der Waals surface area contributed by atoms with E-state index >= 15 is 0 Å². The van der Waals surface area contributed by atoms with Gasteiger partial charge in [0.15, 0.2) is 5.01 Å². The van der Waals surface area contributed by atoms with Crippen LogP contribution in [0.1, 0.15) is 31.7 Å². The summed E-state index contributed by atoms with van der Waals surface area (Å²) in [6.45, 7) is 5.63. The van der Waals surface area contributed by atoms with E-state index in [1.165, 1.54) is 19.3 Å².